The molecule has 0 aromatic heterocycles. The Balaban J connectivity index is 4.48. The van der Waals surface area contributed by atoms with Gasteiger partial charge in [0.2, 0.25) is 0 Å². The van der Waals surface area contributed by atoms with Crippen LogP contribution in [0.5, 0.6) is 0 Å². The van der Waals surface area contributed by atoms with Gasteiger partial charge in [0.15, 0.2) is 6.10 Å². The Morgan fingerprint density at radius 3 is 0.778 bits per heavy atom. The van der Waals surface area contributed by atoms with Gasteiger partial charge < -0.3 is 14.2 Å². The SMILES string of the molecule is CC/C=C\C/C=C\C/C=C\C/C=C\C/C=C\CCCCCCCCCC(=O)OCC(COC(=O)CCCCCCCC/C=C\C/C=C\C/C=C\CCCCC)OC(=O)CCCCCCCC/C=C\C/C=C\C/C=C\CCCCCCC. The second-order valence-corrected chi connectivity index (χ2v) is 22.0. The fourth-order valence-electron chi connectivity index (χ4n) is 9.07. The number of carbonyl (C=O) groups is 3. The van der Waals surface area contributed by atoms with Gasteiger partial charge >= 0.3 is 17.9 Å². The van der Waals surface area contributed by atoms with Crippen LogP contribution in [0.15, 0.2) is 134 Å². The lowest BCUT2D eigenvalue weighted by atomic mass is 10.1. The second-order valence-electron chi connectivity index (χ2n) is 22.0. The second kappa shape index (κ2) is 68.1. The molecule has 0 rings (SSSR count). The number of esters is 3. The third-order valence-electron chi connectivity index (χ3n) is 14.1. The van der Waals surface area contributed by atoms with E-state index in [2.05, 4.69) is 154 Å². The van der Waals surface area contributed by atoms with Crippen LogP contribution in [0.1, 0.15) is 303 Å². The van der Waals surface area contributed by atoms with Crippen molar-refractivity contribution < 1.29 is 28.6 Å². The largest absolute Gasteiger partial charge is 0.462 e. The van der Waals surface area contributed by atoms with Crippen LogP contribution in [0.2, 0.25) is 0 Å². The van der Waals surface area contributed by atoms with Gasteiger partial charge in [-0.3, -0.25) is 14.4 Å². The smallest absolute Gasteiger partial charge is 0.306 e. The van der Waals surface area contributed by atoms with Gasteiger partial charge in [-0.1, -0.05) is 276 Å². The molecule has 0 spiro atoms. The molecule has 0 aliphatic heterocycles. The van der Waals surface area contributed by atoms with Crippen molar-refractivity contribution in [3.8, 4) is 0 Å². The first kappa shape index (κ1) is 76.5. The number of allylic oxidation sites excluding steroid dienone is 22. The summed E-state index contributed by atoms with van der Waals surface area (Å²) in [5, 5.41) is 0. The first-order valence-corrected chi connectivity index (χ1v) is 33.7. The molecule has 0 N–H and O–H groups in total. The molecule has 460 valence electrons. The summed E-state index contributed by atoms with van der Waals surface area (Å²) >= 11 is 0. The van der Waals surface area contributed by atoms with E-state index in [9.17, 15) is 14.4 Å². The van der Waals surface area contributed by atoms with E-state index < -0.39 is 6.10 Å². The Labute approximate surface area is 500 Å². The molecule has 0 bridgehead atoms. The van der Waals surface area contributed by atoms with E-state index in [1.165, 1.54) is 116 Å². The lowest BCUT2D eigenvalue weighted by Gasteiger charge is -2.18. The maximum Gasteiger partial charge on any atom is 0.306 e. The highest BCUT2D eigenvalue weighted by Crippen LogP contribution is 2.15. The molecule has 0 heterocycles. The molecule has 0 saturated heterocycles. The van der Waals surface area contributed by atoms with Crippen molar-refractivity contribution >= 4 is 17.9 Å². The van der Waals surface area contributed by atoms with Crippen molar-refractivity contribution in [2.45, 2.75) is 309 Å². The zero-order valence-electron chi connectivity index (χ0n) is 52.8. The molecule has 0 saturated carbocycles. The first-order valence-electron chi connectivity index (χ1n) is 33.7. The highest BCUT2D eigenvalue weighted by Gasteiger charge is 2.19. The van der Waals surface area contributed by atoms with E-state index in [1.54, 1.807) is 0 Å². The molecule has 1 atom stereocenters. The number of rotatable bonds is 60. The Morgan fingerprint density at radius 1 is 0.259 bits per heavy atom. The Morgan fingerprint density at radius 2 is 0.481 bits per heavy atom. The van der Waals surface area contributed by atoms with Gasteiger partial charge in [0.25, 0.3) is 0 Å². The highest BCUT2D eigenvalue weighted by atomic mass is 16.6. The summed E-state index contributed by atoms with van der Waals surface area (Å²) in [5.41, 5.74) is 0. The fraction of sp³-hybridized carbons (Fsp3) is 0.667. The Kier molecular flexibility index (Phi) is 64.3. The molecule has 0 fully saturated rings. The number of hydrogen-bond acceptors (Lipinski definition) is 6. The number of unbranched alkanes of at least 4 members (excludes halogenated alkanes) is 27. The summed E-state index contributed by atoms with van der Waals surface area (Å²) in [4.78, 5) is 38.5. The number of carbonyl (C=O) groups excluding carboxylic acids is 3. The van der Waals surface area contributed by atoms with Crippen molar-refractivity contribution in [3.63, 3.8) is 0 Å². The summed E-state index contributed by atoms with van der Waals surface area (Å²) in [7, 11) is 0. The molecule has 1 unspecified atom stereocenters. The number of hydrogen-bond donors (Lipinski definition) is 0. The fourth-order valence-corrected chi connectivity index (χ4v) is 9.07. The van der Waals surface area contributed by atoms with Crippen molar-refractivity contribution in [1.82, 2.24) is 0 Å². The van der Waals surface area contributed by atoms with E-state index in [0.29, 0.717) is 19.3 Å². The minimum atomic E-state index is -0.803. The van der Waals surface area contributed by atoms with Crippen LogP contribution in [-0.4, -0.2) is 37.2 Å². The van der Waals surface area contributed by atoms with E-state index in [0.717, 1.165) is 148 Å². The average molecular weight is 1120 g/mol. The molecule has 0 radical (unpaired) electrons. The quantitative estimate of drug-likeness (QED) is 0.0261. The molecular weight excluding hydrogens is 997 g/mol. The number of ether oxygens (including phenoxy) is 3. The maximum absolute atomic E-state index is 13.0. The van der Waals surface area contributed by atoms with Crippen LogP contribution >= 0.6 is 0 Å². The molecule has 0 amide bonds. The van der Waals surface area contributed by atoms with Gasteiger partial charge in [-0.15, -0.1) is 0 Å². The minimum Gasteiger partial charge on any atom is -0.462 e. The Hall–Kier alpha value is -4.45. The van der Waals surface area contributed by atoms with Crippen molar-refractivity contribution in [2.24, 2.45) is 0 Å². The lowest BCUT2D eigenvalue weighted by Crippen LogP contribution is -2.30. The van der Waals surface area contributed by atoms with Crippen LogP contribution in [0.3, 0.4) is 0 Å². The normalized spacial score (nSPS) is 13.0. The average Bonchev–Trinajstić information content (AvgIpc) is 3.47. The van der Waals surface area contributed by atoms with Gasteiger partial charge in [0.05, 0.1) is 0 Å². The molecular formula is C75H124O6. The van der Waals surface area contributed by atoms with Crippen LogP contribution in [-0.2, 0) is 28.6 Å². The zero-order chi connectivity index (χ0) is 58.5. The Bertz CT molecular complexity index is 1720. The van der Waals surface area contributed by atoms with Crippen LogP contribution in [0, 0.1) is 0 Å². The summed E-state index contributed by atoms with van der Waals surface area (Å²) in [6.07, 6.45) is 95.9. The molecule has 0 aliphatic rings. The highest BCUT2D eigenvalue weighted by molar-refractivity contribution is 5.71. The van der Waals surface area contributed by atoms with Crippen LogP contribution in [0.25, 0.3) is 0 Å². The van der Waals surface area contributed by atoms with Gasteiger partial charge in [0, 0.05) is 19.3 Å². The van der Waals surface area contributed by atoms with Gasteiger partial charge in [-0.2, -0.15) is 0 Å². The third-order valence-corrected chi connectivity index (χ3v) is 14.1. The summed E-state index contributed by atoms with van der Waals surface area (Å²) in [6.45, 7) is 6.47. The molecule has 0 aromatic carbocycles. The minimum absolute atomic E-state index is 0.0974. The molecule has 0 aliphatic carbocycles. The van der Waals surface area contributed by atoms with Crippen molar-refractivity contribution in [3.05, 3.63) is 134 Å². The van der Waals surface area contributed by atoms with E-state index in [-0.39, 0.29) is 31.1 Å². The standard InChI is InChI=1S/C75H124O6/c1-4-7-10-13-16-19-22-25-28-31-34-36-37-39-41-44-47-50-53-56-59-62-65-68-74(77)80-71-72(70-79-73(76)67-64-61-58-55-52-49-46-43-40-33-30-27-24-21-18-15-12-9-6-3)81-75(78)69-66-63-60-57-54-51-48-45-42-38-35-32-29-26-23-20-17-14-11-8-5-2/h7,10,16,18-19,21,23,25-28,30,32,34-36,39-43,45,72H,4-6,8-9,11-15,17,20,22,24,29,31,33,37-38,44,46-71H2,1-3H3/b10-7-,19-16-,21-18-,26-23-,28-25-,30-27-,35-32-,36-34-,41-39-,43-40-,45-42-. The summed E-state index contributed by atoms with van der Waals surface area (Å²) in [6, 6.07) is 0. The van der Waals surface area contributed by atoms with Crippen LogP contribution < -0.4 is 0 Å². The molecule has 0 aromatic rings. The topological polar surface area (TPSA) is 78.9 Å². The van der Waals surface area contributed by atoms with E-state index >= 15 is 0 Å². The van der Waals surface area contributed by atoms with Gasteiger partial charge in [0.1, 0.15) is 13.2 Å². The van der Waals surface area contributed by atoms with E-state index in [4.69, 9.17) is 14.2 Å². The lowest BCUT2D eigenvalue weighted by molar-refractivity contribution is -0.167. The predicted molar refractivity (Wildman–Crippen MR) is 353 cm³/mol. The molecule has 6 heteroatoms. The van der Waals surface area contributed by atoms with Gasteiger partial charge in [-0.25, -0.2) is 0 Å². The predicted octanol–water partition coefficient (Wildman–Crippen LogP) is 23.3. The monoisotopic (exact) mass is 1120 g/mol. The molecule has 81 heavy (non-hydrogen) atoms. The van der Waals surface area contributed by atoms with Crippen molar-refractivity contribution in [2.75, 3.05) is 13.2 Å². The van der Waals surface area contributed by atoms with Crippen LogP contribution in [0.4, 0.5) is 0 Å². The maximum atomic E-state index is 13.0. The zero-order valence-corrected chi connectivity index (χ0v) is 52.8. The third kappa shape index (κ3) is 66.2. The first-order chi connectivity index (χ1) is 40.0. The summed E-state index contributed by atoms with van der Waals surface area (Å²) < 4.78 is 17.0. The summed E-state index contributed by atoms with van der Waals surface area (Å²) in [5.74, 6) is -0.927. The van der Waals surface area contributed by atoms with Gasteiger partial charge in [-0.05, 0) is 141 Å². The molecule has 6 nitrogen and oxygen atoms in total. The van der Waals surface area contributed by atoms with E-state index in [1.807, 2.05) is 0 Å². The van der Waals surface area contributed by atoms with Crippen molar-refractivity contribution in [1.29, 1.82) is 0 Å².